The molecule has 5 rings (SSSR count). The van der Waals surface area contributed by atoms with E-state index in [-0.39, 0.29) is 18.3 Å². The van der Waals surface area contributed by atoms with Crippen LogP contribution in [0.5, 0.6) is 0 Å². The van der Waals surface area contributed by atoms with E-state index in [9.17, 15) is 0 Å². The Labute approximate surface area is 153 Å². The highest BCUT2D eigenvalue weighted by molar-refractivity contribution is 6.65. The molecule has 130 valence electrons. The third-order valence-corrected chi connectivity index (χ3v) is 5.92. The summed E-state index contributed by atoms with van der Waals surface area (Å²) in [5.74, 6) is 0. The molecule has 0 spiro atoms. The van der Waals surface area contributed by atoms with Gasteiger partial charge in [0.1, 0.15) is 11.2 Å². The largest absolute Gasteiger partial charge is 0.495 e. The van der Waals surface area contributed by atoms with Crippen LogP contribution in [0.3, 0.4) is 0 Å². The van der Waals surface area contributed by atoms with Crippen LogP contribution >= 0.6 is 0 Å². The van der Waals surface area contributed by atoms with Crippen LogP contribution < -0.4 is 5.46 Å². The van der Waals surface area contributed by atoms with Crippen molar-refractivity contribution in [3.05, 3.63) is 54.6 Å². The van der Waals surface area contributed by atoms with Gasteiger partial charge in [-0.05, 0) is 62.1 Å². The maximum Gasteiger partial charge on any atom is 0.495 e. The van der Waals surface area contributed by atoms with Gasteiger partial charge < -0.3 is 13.7 Å². The number of hydrogen-bond donors (Lipinski definition) is 0. The molecule has 1 aromatic heterocycles. The molecule has 3 aromatic carbocycles. The normalized spacial score (nSPS) is 19.0. The average molecular weight is 344 g/mol. The monoisotopic (exact) mass is 344 g/mol. The van der Waals surface area contributed by atoms with E-state index in [0.29, 0.717) is 0 Å². The maximum atomic E-state index is 6.28. The first-order chi connectivity index (χ1) is 12.4. The highest BCUT2D eigenvalue weighted by Gasteiger charge is 2.52. The lowest BCUT2D eigenvalue weighted by molar-refractivity contribution is 0.00578. The lowest BCUT2D eigenvalue weighted by Crippen LogP contribution is -2.41. The second kappa shape index (κ2) is 5.12. The molecule has 1 aliphatic rings. The first kappa shape index (κ1) is 15.9. The molecular formula is C22H21BO3. The SMILES string of the molecule is CC1(C)OB(c2cccc3cc4c(cc23)oc2ccccc24)OC1(C)C. The zero-order valence-electron chi connectivity index (χ0n) is 15.5. The average Bonchev–Trinajstić information content (AvgIpc) is 3.05. The third kappa shape index (κ3) is 2.16. The van der Waals surface area contributed by atoms with Crippen LogP contribution in [0.2, 0.25) is 0 Å². The molecular weight excluding hydrogens is 323 g/mol. The van der Waals surface area contributed by atoms with E-state index in [1.165, 1.54) is 0 Å². The second-order valence-corrected chi connectivity index (χ2v) is 8.10. The lowest BCUT2D eigenvalue weighted by atomic mass is 9.76. The summed E-state index contributed by atoms with van der Waals surface area (Å²) in [7, 11) is -0.384. The molecule has 4 heteroatoms. The second-order valence-electron chi connectivity index (χ2n) is 8.10. The van der Waals surface area contributed by atoms with Gasteiger partial charge in [0.15, 0.2) is 0 Å². The van der Waals surface area contributed by atoms with E-state index in [0.717, 1.165) is 38.2 Å². The van der Waals surface area contributed by atoms with E-state index in [1.54, 1.807) is 0 Å². The molecule has 0 aliphatic carbocycles. The number of furan rings is 1. The summed E-state index contributed by atoms with van der Waals surface area (Å²) < 4.78 is 18.6. The smallest absolute Gasteiger partial charge is 0.456 e. The minimum atomic E-state index is -0.384. The molecule has 0 N–H and O–H groups in total. The van der Waals surface area contributed by atoms with Crippen molar-refractivity contribution in [1.82, 2.24) is 0 Å². The summed E-state index contributed by atoms with van der Waals surface area (Å²) >= 11 is 0. The predicted molar refractivity (Wildman–Crippen MR) is 107 cm³/mol. The Kier molecular flexibility index (Phi) is 3.14. The molecule has 4 aromatic rings. The van der Waals surface area contributed by atoms with E-state index < -0.39 is 0 Å². The number of para-hydroxylation sites is 1. The van der Waals surface area contributed by atoms with Gasteiger partial charge in [-0.2, -0.15) is 0 Å². The number of rotatable bonds is 1. The van der Waals surface area contributed by atoms with Gasteiger partial charge in [-0.15, -0.1) is 0 Å². The Morgan fingerprint density at radius 2 is 1.42 bits per heavy atom. The van der Waals surface area contributed by atoms with Crippen molar-refractivity contribution in [3.8, 4) is 0 Å². The Hall–Kier alpha value is -2.30. The topological polar surface area (TPSA) is 31.6 Å². The van der Waals surface area contributed by atoms with Gasteiger partial charge in [0.25, 0.3) is 0 Å². The van der Waals surface area contributed by atoms with Crippen molar-refractivity contribution in [2.24, 2.45) is 0 Å². The third-order valence-electron chi connectivity index (χ3n) is 5.92. The zero-order valence-corrected chi connectivity index (χ0v) is 15.5. The fourth-order valence-electron chi connectivity index (χ4n) is 3.70. The van der Waals surface area contributed by atoms with Crippen LogP contribution in [0, 0.1) is 0 Å². The number of fused-ring (bicyclic) bond motifs is 4. The van der Waals surface area contributed by atoms with Crippen molar-refractivity contribution in [3.63, 3.8) is 0 Å². The Morgan fingerprint density at radius 3 is 2.19 bits per heavy atom. The predicted octanol–water partition coefficient (Wildman–Crippen LogP) is 5.04. The van der Waals surface area contributed by atoms with Crippen molar-refractivity contribution in [1.29, 1.82) is 0 Å². The first-order valence-corrected chi connectivity index (χ1v) is 9.05. The van der Waals surface area contributed by atoms with Crippen LogP contribution in [0.1, 0.15) is 27.7 Å². The quantitative estimate of drug-likeness (QED) is 0.454. The summed E-state index contributed by atoms with van der Waals surface area (Å²) in [5.41, 5.74) is 2.13. The molecule has 0 saturated carbocycles. The highest BCUT2D eigenvalue weighted by atomic mass is 16.7. The molecule has 1 saturated heterocycles. The van der Waals surface area contributed by atoms with E-state index in [4.69, 9.17) is 13.7 Å². The molecule has 2 heterocycles. The van der Waals surface area contributed by atoms with Crippen LogP contribution in [0.25, 0.3) is 32.7 Å². The molecule has 0 unspecified atom stereocenters. The molecule has 0 atom stereocenters. The van der Waals surface area contributed by atoms with Crippen LogP contribution in [0.15, 0.2) is 59.0 Å². The maximum absolute atomic E-state index is 6.28. The van der Waals surface area contributed by atoms with Gasteiger partial charge >= 0.3 is 7.12 Å². The van der Waals surface area contributed by atoms with Gasteiger partial charge in [-0.3, -0.25) is 0 Å². The van der Waals surface area contributed by atoms with E-state index in [1.807, 2.05) is 18.2 Å². The minimum absolute atomic E-state index is 0.358. The number of benzene rings is 3. The van der Waals surface area contributed by atoms with Gasteiger partial charge in [0.05, 0.1) is 11.2 Å². The lowest BCUT2D eigenvalue weighted by Gasteiger charge is -2.32. The van der Waals surface area contributed by atoms with Crippen molar-refractivity contribution in [2.45, 2.75) is 38.9 Å². The molecule has 0 bridgehead atoms. The Bertz CT molecular complexity index is 1140. The number of hydrogen-bond acceptors (Lipinski definition) is 3. The standard InChI is InChI=1S/C22H21BO3/c1-21(2)22(3,4)26-23(25-21)18-10-7-8-14-12-17-15-9-5-6-11-19(15)24-20(17)13-16(14)18/h5-13H,1-4H3. The molecule has 1 aliphatic heterocycles. The van der Waals surface area contributed by atoms with E-state index >= 15 is 0 Å². The van der Waals surface area contributed by atoms with Crippen LogP contribution in [-0.2, 0) is 9.31 Å². The fraction of sp³-hybridized carbons (Fsp3) is 0.273. The Morgan fingerprint density at radius 1 is 0.692 bits per heavy atom. The summed E-state index contributed by atoms with van der Waals surface area (Å²) in [6.45, 7) is 8.32. The molecule has 3 nitrogen and oxygen atoms in total. The fourth-order valence-corrected chi connectivity index (χ4v) is 3.70. The van der Waals surface area contributed by atoms with Gasteiger partial charge in [0, 0.05) is 10.8 Å². The van der Waals surface area contributed by atoms with Crippen molar-refractivity contribution in [2.75, 3.05) is 0 Å². The highest BCUT2D eigenvalue weighted by Crippen LogP contribution is 2.38. The Balaban J connectivity index is 1.73. The molecule has 26 heavy (non-hydrogen) atoms. The first-order valence-electron chi connectivity index (χ1n) is 9.05. The molecule has 0 amide bonds. The van der Waals surface area contributed by atoms with Gasteiger partial charge in [0.2, 0.25) is 0 Å². The van der Waals surface area contributed by atoms with Gasteiger partial charge in [-0.1, -0.05) is 36.4 Å². The zero-order chi connectivity index (χ0) is 18.1. The van der Waals surface area contributed by atoms with Crippen molar-refractivity contribution >= 4 is 45.3 Å². The van der Waals surface area contributed by atoms with Crippen molar-refractivity contribution < 1.29 is 13.7 Å². The summed E-state index contributed by atoms with van der Waals surface area (Å²) in [5, 5.41) is 4.55. The molecule has 1 fully saturated rings. The summed E-state index contributed by atoms with van der Waals surface area (Å²) in [4.78, 5) is 0. The van der Waals surface area contributed by atoms with Crippen LogP contribution in [0.4, 0.5) is 0 Å². The van der Waals surface area contributed by atoms with E-state index in [2.05, 4.69) is 64.1 Å². The van der Waals surface area contributed by atoms with Gasteiger partial charge in [-0.25, -0.2) is 0 Å². The minimum Gasteiger partial charge on any atom is -0.456 e. The molecule has 0 radical (unpaired) electrons. The summed E-state index contributed by atoms with van der Waals surface area (Å²) in [6.07, 6.45) is 0. The summed E-state index contributed by atoms with van der Waals surface area (Å²) in [6, 6.07) is 18.8. The van der Waals surface area contributed by atoms with Crippen LogP contribution in [-0.4, -0.2) is 18.3 Å².